The number of aliphatic hydroxyl groups excluding tert-OH is 1. The Hall–Kier alpha value is -3.84. The molecule has 4 aromatic rings. The lowest BCUT2D eigenvalue weighted by atomic mass is 10.0. The quantitative estimate of drug-likeness (QED) is 0.341. The van der Waals surface area contributed by atoms with Crippen molar-refractivity contribution in [3.8, 4) is 12.1 Å². The second kappa shape index (κ2) is 10.1. The highest BCUT2D eigenvalue weighted by molar-refractivity contribution is 7.99. The summed E-state index contributed by atoms with van der Waals surface area (Å²) in [5, 5.41) is 41.4. The van der Waals surface area contributed by atoms with Gasteiger partial charge in [0.25, 0.3) is 0 Å². The van der Waals surface area contributed by atoms with Crippen molar-refractivity contribution in [2.45, 2.75) is 38.0 Å². The maximum absolute atomic E-state index is 10.3. The van der Waals surface area contributed by atoms with Crippen LogP contribution in [0.4, 0.5) is 17.5 Å². The number of aromatic nitrogens is 5. The first-order chi connectivity index (χ1) is 18.6. The highest BCUT2D eigenvalue weighted by atomic mass is 32.2. The van der Waals surface area contributed by atoms with Crippen molar-refractivity contribution in [1.29, 1.82) is 10.5 Å². The highest BCUT2D eigenvalue weighted by Gasteiger charge is 2.34. The third-order valence-corrected chi connectivity index (χ3v) is 8.57. The number of nitriles is 2. The first-order valence-electron chi connectivity index (χ1n) is 12.8. The molecule has 0 aliphatic carbocycles. The van der Waals surface area contributed by atoms with Gasteiger partial charge in [0.1, 0.15) is 12.1 Å². The molecule has 2 atom stereocenters. The molecule has 0 spiro atoms. The number of thioether (sulfide) groups is 1. The van der Waals surface area contributed by atoms with Gasteiger partial charge in [-0.3, -0.25) is 4.90 Å². The summed E-state index contributed by atoms with van der Waals surface area (Å²) in [5.41, 5.74) is 3.19. The zero-order valence-electron chi connectivity index (χ0n) is 21.0. The van der Waals surface area contributed by atoms with Crippen LogP contribution in [0.3, 0.4) is 0 Å². The van der Waals surface area contributed by atoms with E-state index in [0.717, 1.165) is 54.0 Å². The molecule has 12 heteroatoms. The molecule has 0 radical (unpaired) electrons. The van der Waals surface area contributed by atoms with Crippen LogP contribution in [-0.2, 0) is 0 Å². The van der Waals surface area contributed by atoms with Crippen molar-refractivity contribution < 1.29 is 5.11 Å². The molecular formula is C26H28N10OS. The van der Waals surface area contributed by atoms with Crippen LogP contribution in [0.2, 0.25) is 0 Å². The number of benzene rings is 1. The lowest BCUT2D eigenvalue weighted by molar-refractivity contribution is 0.0606. The Bertz CT molecular complexity index is 1570. The van der Waals surface area contributed by atoms with Crippen molar-refractivity contribution in [1.82, 2.24) is 29.0 Å². The minimum Gasteiger partial charge on any atom is -0.391 e. The second-order valence-electron chi connectivity index (χ2n) is 9.66. The number of fused-ring (bicyclic) bond motifs is 2. The summed E-state index contributed by atoms with van der Waals surface area (Å²) < 4.78 is 3.71. The van der Waals surface area contributed by atoms with Crippen LogP contribution < -0.4 is 10.6 Å². The maximum Gasteiger partial charge on any atom is 0.247 e. The van der Waals surface area contributed by atoms with Crippen molar-refractivity contribution in [2.75, 3.05) is 41.8 Å². The van der Waals surface area contributed by atoms with Crippen molar-refractivity contribution in [3.05, 3.63) is 41.9 Å². The number of likely N-dealkylation sites (tertiary alicyclic amines) is 1. The zero-order chi connectivity index (χ0) is 26.2. The number of nitrogens with one attached hydrogen (secondary N) is 2. The van der Waals surface area contributed by atoms with E-state index in [1.165, 1.54) is 10.7 Å². The molecule has 2 aliphatic rings. The van der Waals surface area contributed by atoms with Gasteiger partial charge in [-0.2, -0.15) is 31.8 Å². The first-order valence-corrected chi connectivity index (χ1v) is 14.0. The molecule has 5 heterocycles. The number of imidazole rings is 1. The van der Waals surface area contributed by atoms with Gasteiger partial charge in [0, 0.05) is 66.0 Å². The van der Waals surface area contributed by atoms with Crippen LogP contribution in [0.5, 0.6) is 0 Å². The lowest BCUT2D eigenvalue weighted by Crippen LogP contribution is -2.47. The van der Waals surface area contributed by atoms with Crippen LogP contribution in [0.25, 0.3) is 16.6 Å². The Morgan fingerprint density at radius 1 is 1.18 bits per heavy atom. The Labute approximate surface area is 224 Å². The Kier molecular flexibility index (Phi) is 6.54. The molecule has 1 aromatic carbocycles. The van der Waals surface area contributed by atoms with E-state index in [0.29, 0.717) is 41.3 Å². The minimum atomic E-state index is -0.237. The molecule has 0 bridgehead atoms. The van der Waals surface area contributed by atoms with Crippen molar-refractivity contribution >= 4 is 45.8 Å². The zero-order valence-corrected chi connectivity index (χ0v) is 21.8. The Balaban J connectivity index is 1.27. The van der Waals surface area contributed by atoms with Crippen molar-refractivity contribution in [3.63, 3.8) is 0 Å². The van der Waals surface area contributed by atoms with E-state index in [1.807, 2.05) is 43.1 Å². The molecule has 0 amide bonds. The molecule has 3 aromatic heterocycles. The molecule has 6 rings (SSSR count). The van der Waals surface area contributed by atoms with Crippen LogP contribution in [0.1, 0.15) is 37.1 Å². The fourth-order valence-corrected chi connectivity index (χ4v) is 6.80. The van der Waals surface area contributed by atoms with E-state index in [4.69, 9.17) is 0 Å². The largest absolute Gasteiger partial charge is 0.391 e. The van der Waals surface area contributed by atoms with Crippen LogP contribution in [0, 0.1) is 22.7 Å². The van der Waals surface area contributed by atoms with Gasteiger partial charge < -0.3 is 20.3 Å². The van der Waals surface area contributed by atoms with Crippen LogP contribution >= 0.6 is 11.8 Å². The summed E-state index contributed by atoms with van der Waals surface area (Å²) in [6, 6.07) is 11.0. The third-order valence-electron chi connectivity index (χ3n) is 7.41. The number of rotatable bonds is 6. The topological polar surface area (TPSA) is 143 Å². The Morgan fingerprint density at radius 2 is 2.03 bits per heavy atom. The Morgan fingerprint density at radius 3 is 2.74 bits per heavy atom. The number of nitrogens with zero attached hydrogens (tertiary/aromatic N) is 8. The van der Waals surface area contributed by atoms with Gasteiger partial charge in [-0.1, -0.05) is 0 Å². The molecule has 2 unspecified atom stereocenters. The van der Waals surface area contributed by atoms with Crippen molar-refractivity contribution in [2.24, 2.45) is 0 Å². The predicted molar refractivity (Wildman–Crippen MR) is 147 cm³/mol. The van der Waals surface area contributed by atoms with E-state index < -0.39 is 0 Å². The molecule has 3 N–H and O–H groups in total. The molecule has 0 saturated carbocycles. The summed E-state index contributed by atoms with van der Waals surface area (Å²) in [4.78, 5) is 11.3. The summed E-state index contributed by atoms with van der Waals surface area (Å²) in [6.45, 7) is 4.50. The summed E-state index contributed by atoms with van der Waals surface area (Å²) >= 11 is 1.83. The SMILES string of the molecule is CCNc1nc(Nc2ccc3c(c2)c(C#N)cn3C2CCN(C3CSCC3O)CC2)nn2c(C#N)cnc12. The average Bonchev–Trinajstić information content (AvgIpc) is 3.65. The van der Waals surface area contributed by atoms with Gasteiger partial charge in [0.15, 0.2) is 17.2 Å². The first kappa shape index (κ1) is 24.5. The molecule has 38 heavy (non-hydrogen) atoms. The second-order valence-corrected chi connectivity index (χ2v) is 10.7. The maximum atomic E-state index is 10.3. The number of piperidine rings is 1. The monoisotopic (exact) mass is 528 g/mol. The van der Waals surface area contributed by atoms with Gasteiger partial charge in [-0.25, -0.2) is 4.98 Å². The molecule has 2 aliphatic heterocycles. The predicted octanol–water partition coefficient (Wildman–Crippen LogP) is 3.11. The smallest absolute Gasteiger partial charge is 0.247 e. The average molecular weight is 529 g/mol. The fourth-order valence-electron chi connectivity index (χ4n) is 5.53. The molecular weight excluding hydrogens is 500 g/mol. The van der Waals surface area contributed by atoms with Crippen LogP contribution in [0.15, 0.2) is 30.6 Å². The standard InChI is InChI=1S/C26H28N10OS/c1-2-29-24-25-30-12-19(11-28)36(25)33-26(32-24)31-17-3-4-21-20(9-17)16(10-27)13-35(21)18-5-7-34(8-6-18)22-14-38-15-23(22)37/h3-4,9,12-13,18,22-23,37H,2,5-8,14-15H2,1H3,(H2,29,31,32,33). The number of anilines is 3. The number of hydrogen-bond acceptors (Lipinski definition) is 10. The van der Waals surface area contributed by atoms with E-state index in [1.54, 1.807) is 0 Å². The molecule has 11 nitrogen and oxygen atoms in total. The summed E-state index contributed by atoms with van der Waals surface area (Å²) in [6.07, 6.45) is 5.16. The molecule has 194 valence electrons. The number of aliphatic hydroxyl groups is 1. The van der Waals surface area contributed by atoms with Gasteiger partial charge in [-0.05, 0) is 38.0 Å². The van der Waals surface area contributed by atoms with Crippen LogP contribution in [-0.4, -0.2) is 77.4 Å². The van der Waals surface area contributed by atoms with E-state index in [9.17, 15) is 15.6 Å². The normalized spacial score (nSPS) is 20.5. The third kappa shape index (κ3) is 4.31. The van der Waals surface area contributed by atoms with Gasteiger partial charge in [0.05, 0.1) is 17.9 Å². The minimum absolute atomic E-state index is 0.237. The fraction of sp³-hybridized carbons (Fsp3) is 0.423. The van der Waals surface area contributed by atoms with Gasteiger partial charge in [0.2, 0.25) is 5.95 Å². The summed E-state index contributed by atoms with van der Waals surface area (Å²) in [5.74, 6) is 2.68. The summed E-state index contributed by atoms with van der Waals surface area (Å²) in [7, 11) is 0. The van der Waals surface area contributed by atoms with Gasteiger partial charge in [-0.15, -0.1) is 5.10 Å². The van der Waals surface area contributed by atoms with E-state index in [-0.39, 0.29) is 12.1 Å². The van der Waals surface area contributed by atoms with E-state index in [2.05, 4.69) is 47.3 Å². The molecule has 2 saturated heterocycles. The van der Waals surface area contributed by atoms with Gasteiger partial charge >= 0.3 is 0 Å². The highest BCUT2D eigenvalue weighted by Crippen LogP contribution is 2.34. The van der Waals surface area contributed by atoms with E-state index >= 15 is 0 Å². The molecule has 2 fully saturated rings. The lowest BCUT2D eigenvalue weighted by Gasteiger charge is -2.37. The number of hydrogen-bond donors (Lipinski definition) is 3.